The average Bonchev–Trinajstić information content (AvgIpc) is 3.19. The van der Waals surface area contributed by atoms with Gasteiger partial charge in [-0.15, -0.1) is 0 Å². The molecule has 0 bridgehead atoms. The molecule has 0 radical (unpaired) electrons. The molecule has 0 heteroatoms. The number of hydrogen-bond donors (Lipinski definition) is 0. The SMILES string of the molecule is [2H]c1c([2H])c([2H])c2c([2H])c(-c3ccc(-c4c5c([2H])c([2H])c([2H])c([2H])c5c(-c5ccc6ccccc6c5)c5c([2H])c([2H])c([2H])c([2H])c45)cc3)c([2H])c([2H])c2c1[2H]. The lowest BCUT2D eigenvalue weighted by Crippen LogP contribution is -1.91. The van der Waals surface area contributed by atoms with E-state index in [2.05, 4.69) is 0 Å². The summed E-state index contributed by atoms with van der Waals surface area (Å²) in [6.45, 7) is 0. The van der Waals surface area contributed by atoms with Gasteiger partial charge in [-0.1, -0.05) is 145 Å². The van der Waals surface area contributed by atoms with Crippen molar-refractivity contribution in [2.24, 2.45) is 0 Å². The van der Waals surface area contributed by atoms with Gasteiger partial charge in [0.2, 0.25) is 0 Å². The first kappa shape index (κ1) is 12.3. The summed E-state index contributed by atoms with van der Waals surface area (Å²) in [5, 5.41) is 1.42. The van der Waals surface area contributed by atoms with Crippen LogP contribution in [0.5, 0.6) is 0 Å². The summed E-state index contributed by atoms with van der Waals surface area (Å²) in [6, 6.07) is 11.8. The maximum Gasteiger partial charge on any atom is 0.0636 e. The van der Waals surface area contributed by atoms with Crippen LogP contribution in [0.1, 0.15) is 20.6 Å². The molecule has 0 heterocycles. The van der Waals surface area contributed by atoms with Crippen molar-refractivity contribution in [3.63, 3.8) is 0 Å². The molecule has 186 valence electrons. The molecule has 8 aromatic carbocycles. The van der Waals surface area contributed by atoms with Crippen molar-refractivity contribution >= 4 is 43.1 Å². The molecule has 0 aliphatic carbocycles. The molecule has 0 aromatic heterocycles. The Morgan fingerprint density at radius 3 is 1.55 bits per heavy atom. The molecular formula is C40H26. The number of rotatable bonds is 3. The normalized spacial score (nSPS) is 16.8. The van der Waals surface area contributed by atoms with Gasteiger partial charge in [-0.3, -0.25) is 0 Å². The van der Waals surface area contributed by atoms with Gasteiger partial charge >= 0.3 is 0 Å². The first-order valence-corrected chi connectivity index (χ1v) is 12.6. The van der Waals surface area contributed by atoms with Crippen molar-refractivity contribution in [2.45, 2.75) is 0 Å². The third-order valence-corrected chi connectivity index (χ3v) is 7.13. The highest BCUT2D eigenvalue weighted by Crippen LogP contribution is 2.44. The average molecular weight is 522 g/mol. The molecule has 0 saturated carbocycles. The second-order valence-corrected chi connectivity index (χ2v) is 9.39. The van der Waals surface area contributed by atoms with Crippen molar-refractivity contribution in [2.75, 3.05) is 0 Å². The monoisotopic (exact) mass is 521 g/mol. The van der Waals surface area contributed by atoms with E-state index in [1.165, 1.54) is 24.3 Å². The van der Waals surface area contributed by atoms with Crippen LogP contribution in [-0.4, -0.2) is 0 Å². The van der Waals surface area contributed by atoms with E-state index >= 15 is 0 Å². The lowest BCUT2D eigenvalue weighted by molar-refractivity contribution is 1.63. The minimum absolute atomic E-state index is 0.0250. The van der Waals surface area contributed by atoms with Crippen LogP contribution in [-0.2, 0) is 0 Å². The topological polar surface area (TPSA) is 0 Å². The predicted molar refractivity (Wildman–Crippen MR) is 173 cm³/mol. The largest absolute Gasteiger partial charge is 0.0636 e. The fraction of sp³-hybridized carbons (Fsp3) is 0. The van der Waals surface area contributed by atoms with E-state index < -0.39 is 84.6 Å². The van der Waals surface area contributed by atoms with Crippen molar-refractivity contribution in [3.8, 4) is 33.4 Å². The first-order chi connectivity index (χ1) is 26.1. The maximum atomic E-state index is 9.19. The summed E-state index contributed by atoms with van der Waals surface area (Å²) in [4.78, 5) is 0. The van der Waals surface area contributed by atoms with E-state index in [4.69, 9.17) is 15.1 Å². The number of benzene rings is 8. The lowest BCUT2D eigenvalue weighted by Gasteiger charge is -2.18. The molecule has 0 aliphatic rings. The molecular weight excluding hydrogens is 480 g/mol. The standard InChI is InChI=1S/C40H26/c1-3-11-31-25-33(23-19-27(31)9-1)29-17-21-30(22-18-29)39-35-13-5-7-15-37(35)40(38-16-8-6-14-36(38)39)34-24-20-28-10-2-4-12-32(28)26-34/h1-26H/i1D,3D,5D,6D,7D,8D,9D,11D,13D,14D,15D,16D,19D,23D,25D. The summed E-state index contributed by atoms with van der Waals surface area (Å²) >= 11 is 0. The molecule has 0 amide bonds. The molecule has 0 fully saturated rings. The summed E-state index contributed by atoms with van der Waals surface area (Å²) < 4.78 is 131. The summed E-state index contributed by atoms with van der Waals surface area (Å²) in [6.07, 6.45) is 0. The highest BCUT2D eigenvalue weighted by Gasteiger charge is 2.16. The summed E-state index contributed by atoms with van der Waals surface area (Å²) in [5.41, 5.74) is 1.29. The van der Waals surface area contributed by atoms with Crippen LogP contribution in [0, 0.1) is 0 Å². The van der Waals surface area contributed by atoms with Gasteiger partial charge in [-0.05, 0) is 88.6 Å². The third kappa shape index (κ3) is 3.69. The lowest BCUT2D eigenvalue weighted by atomic mass is 9.85. The molecule has 0 unspecified atom stereocenters. The van der Waals surface area contributed by atoms with E-state index in [9.17, 15) is 5.48 Å². The highest BCUT2D eigenvalue weighted by atomic mass is 14.2. The smallest absolute Gasteiger partial charge is 0.0616 e. The minimum atomic E-state index is -0.580. The van der Waals surface area contributed by atoms with Gasteiger partial charge in [0.1, 0.15) is 0 Å². The first-order valence-electron chi connectivity index (χ1n) is 20.1. The Morgan fingerprint density at radius 1 is 0.350 bits per heavy atom. The molecule has 0 saturated heterocycles. The Morgan fingerprint density at radius 2 is 0.875 bits per heavy atom. The van der Waals surface area contributed by atoms with E-state index in [0.717, 1.165) is 10.8 Å². The van der Waals surface area contributed by atoms with Gasteiger partial charge in [-0.25, -0.2) is 0 Å². The third-order valence-electron chi connectivity index (χ3n) is 7.13. The molecule has 8 rings (SSSR count). The second-order valence-electron chi connectivity index (χ2n) is 9.39. The zero-order chi connectivity index (χ0) is 39.5. The van der Waals surface area contributed by atoms with Crippen LogP contribution in [0.2, 0.25) is 0 Å². The summed E-state index contributed by atoms with van der Waals surface area (Å²) in [7, 11) is 0. The van der Waals surface area contributed by atoms with Crippen LogP contribution in [0.15, 0.2) is 157 Å². The minimum Gasteiger partial charge on any atom is -0.0616 e. The number of fused-ring (bicyclic) bond motifs is 4. The van der Waals surface area contributed by atoms with Gasteiger partial charge in [0.05, 0.1) is 20.6 Å². The van der Waals surface area contributed by atoms with Gasteiger partial charge in [-0.2, -0.15) is 0 Å². The van der Waals surface area contributed by atoms with Crippen LogP contribution in [0.25, 0.3) is 76.5 Å². The predicted octanol–water partition coefficient (Wildman–Crippen LogP) is 11.3. The molecule has 0 atom stereocenters. The molecule has 0 spiro atoms. The maximum absolute atomic E-state index is 9.19. The van der Waals surface area contributed by atoms with E-state index in [1.54, 1.807) is 6.07 Å². The Bertz CT molecular complexity index is 2950. The fourth-order valence-corrected chi connectivity index (χ4v) is 5.28. The Balaban J connectivity index is 1.50. The van der Waals surface area contributed by atoms with Gasteiger partial charge in [0.15, 0.2) is 0 Å². The van der Waals surface area contributed by atoms with Crippen molar-refractivity contribution in [3.05, 3.63) is 157 Å². The van der Waals surface area contributed by atoms with Crippen LogP contribution in [0.3, 0.4) is 0 Å². The van der Waals surface area contributed by atoms with Crippen molar-refractivity contribution in [1.29, 1.82) is 0 Å². The van der Waals surface area contributed by atoms with E-state index in [1.807, 2.05) is 36.4 Å². The Hall–Kier alpha value is -5.20. The van der Waals surface area contributed by atoms with Gasteiger partial charge in [0.25, 0.3) is 0 Å². The molecule has 0 aliphatic heterocycles. The van der Waals surface area contributed by atoms with Crippen molar-refractivity contribution < 1.29 is 20.6 Å². The quantitative estimate of drug-likeness (QED) is 0.203. The van der Waals surface area contributed by atoms with E-state index in [-0.39, 0.29) is 60.6 Å². The molecule has 8 aromatic rings. The van der Waals surface area contributed by atoms with Crippen LogP contribution < -0.4 is 0 Å². The molecule has 40 heavy (non-hydrogen) atoms. The van der Waals surface area contributed by atoms with E-state index in [0.29, 0.717) is 11.1 Å². The number of hydrogen-bond acceptors (Lipinski definition) is 0. The molecule has 0 nitrogen and oxygen atoms in total. The van der Waals surface area contributed by atoms with Gasteiger partial charge in [0, 0.05) is 0 Å². The van der Waals surface area contributed by atoms with Crippen LogP contribution >= 0.6 is 0 Å². The zero-order valence-corrected chi connectivity index (χ0v) is 20.9. The second kappa shape index (κ2) is 9.22. The van der Waals surface area contributed by atoms with Crippen molar-refractivity contribution in [1.82, 2.24) is 0 Å². The Kier molecular flexibility index (Phi) is 2.84. The summed E-state index contributed by atoms with van der Waals surface area (Å²) in [5.74, 6) is 0. The van der Waals surface area contributed by atoms with Gasteiger partial charge < -0.3 is 0 Å². The molecule has 0 N–H and O–H groups in total. The Labute approximate surface area is 254 Å². The fourth-order valence-electron chi connectivity index (χ4n) is 5.28. The zero-order valence-electron chi connectivity index (χ0n) is 35.9. The van der Waals surface area contributed by atoms with Crippen LogP contribution in [0.4, 0.5) is 0 Å². The highest BCUT2D eigenvalue weighted by molar-refractivity contribution is 6.21.